The van der Waals surface area contributed by atoms with Crippen LogP contribution in [0.2, 0.25) is 0 Å². The molecule has 2 atom stereocenters. The molecule has 0 aromatic carbocycles. The van der Waals surface area contributed by atoms with Crippen LogP contribution in [0.1, 0.15) is 18.2 Å². The van der Waals surface area contributed by atoms with E-state index in [1.54, 1.807) is 6.26 Å². The molecule has 0 aliphatic carbocycles. The quantitative estimate of drug-likeness (QED) is 0.848. The lowest BCUT2D eigenvalue weighted by Crippen LogP contribution is -2.23. The Morgan fingerprint density at radius 1 is 1.62 bits per heavy atom. The average molecular weight is 223 g/mol. The molecule has 2 unspecified atom stereocenters. The number of rotatable bonds is 3. The molecule has 0 spiro atoms. The number of carbonyl (C=O) groups is 1. The second kappa shape index (κ2) is 4.29. The van der Waals surface area contributed by atoms with Crippen LogP contribution in [0.4, 0.5) is 0 Å². The van der Waals surface area contributed by atoms with E-state index in [-0.39, 0.29) is 11.8 Å². The van der Waals surface area contributed by atoms with Crippen LogP contribution in [-0.2, 0) is 11.3 Å². The van der Waals surface area contributed by atoms with Crippen LogP contribution in [0.15, 0.2) is 16.7 Å². The number of hydrogen-bond acceptors (Lipinski definition) is 3. The minimum atomic E-state index is -0.689. The maximum Gasteiger partial charge on any atom is 0.308 e. The van der Waals surface area contributed by atoms with Crippen molar-refractivity contribution in [2.75, 3.05) is 13.1 Å². The van der Waals surface area contributed by atoms with E-state index in [1.807, 2.05) is 19.9 Å². The van der Waals surface area contributed by atoms with Gasteiger partial charge in [0.2, 0.25) is 0 Å². The summed E-state index contributed by atoms with van der Waals surface area (Å²) in [5.74, 6) is 0.229. The minimum absolute atomic E-state index is 0.216. The molecule has 1 saturated heterocycles. The molecule has 0 bridgehead atoms. The maximum atomic E-state index is 11.0. The van der Waals surface area contributed by atoms with E-state index in [2.05, 4.69) is 4.90 Å². The summed E-state index contributed by atoms with van der Waals surface area (Å²) in [5.41, 5.74) is 1.13. The van der Waals surface area contributed by atoms with Crippen LogP contribution >= 0.6 is 0 Å². The summed E-state index contributed by atoms with van der Waals surface area (Å²) in [6.07, 6.45) is 1.68. The van der Waals surface area contributed by atoms with Gasteiger partial charge in [-0.05, 0) is 24.5 Å². The third kappa shape index (κ3) is 2.11. The summed E-state index contributed by atoms with van der Waals surface area (Å²) in [6, 6.07) is 1.93. The Morgan fingerprint density at radius 3 is 2.88 bits per heavy atom. The highest BCUT2D eigenvalue weighted by atomic mass is 16.4. The summed E-state index contributed by atoms with van der Waals surface area (Å²) in [7, 11) is 0. The summed E-state index contributed by atoms with van der Waals surface area (Å²) >= 11 is 0. The zero-order valence-electron chi connectivity index (χ0n) is 9.64. The van der Waals surface area contributed by atoms with E-state index in [0.29, 0.717) is 13.1 Å². The Bertz CT molecular complexity index is 385. The number of carboxylic acid groups (broad SMARTS) is 1. The highest BCUT2D eigenvalue weighted by molar-refractivity contribution is 5.71. The van der Waals surface area contributed by atoms with Gasteiger partial charge in [0, 0.05) is 13.1 Å². The summed E-state index contributed by atoms with van der Waals surface area (Å²) in [4.78, 5) is 13.1. The van der Waals surface area contributed by atoms with Crippen molar-refractivity contribution in [3.63, 3.8) is 0 Å². The monoisotopic (exact) mass is 223 g/mol. The number of carboxylic acids is 1. The van der Waals surface area contributed by atoms with Crippen molar-refractivity contribution in [1.29, 1.82) is 0 Å². The highest BCUT2D eigenvalue weighted by Crippen LogP contribution is 2.25. The number of likely N-dealkylation sites (tertiary alicyclic amines) is 1. The molecule has 88 valence electrons. The fourth-order valence-electron chi connectivity index (χ4n) is 2.29. The SMILES string of the molecule is Cc1ccoc1CN1CC(C)C(C(=O)O)C1. The van der Waals surface area contributed by atoms with Gasteiger partial charge in [0.05, 0.1) is 18.7 Å². The molecule has 16 heavy (non-hydrogen) atoms. The van der Waals surface area contributed by atoms with Crippen molar-refractivity contribution in [2.45, 2.75) is 20.4 Å². The molecule has 1 aromatic heterocycles. The average Bonchev–Trinajstić information content (AvgIpc) is 2.75. The standard InChI is InChI=1S/C12H17NO3/c1-8-3-4-16-11(8)7-13-5-9(2)10(6-13)12(14)15/h3-4,9-10H,5-7H2,1-2H3,(H,14,15). The van der Waals surface area contributed by atoms with Gasteiger partial charge in [-0.15, -0.1) is 0 Å². The van der Waals surface area contributed by atoms with Crippen LogP contribution in [-0.4, -0.2) is 29.1 Å². The molecule has 2 rings (SSSR count). The largest absolute Gasteiger partial charge is 0.481 e. The Kier molecular flexibility index (Phi) is 3.01. The molecule has 1 fully saturated rings. The first-order valence-electron chi connectivity index (χ1n) is 5.56. The van der Waals surface area contributed by atoms with Gasteiger partial charge in [-0.2, -0.15) is 0 Å². The van der Waals surface area contributed by atoms with Crippen molar-refractivity contribution in [2.24, 2.45) is 11.8 Å². The summed E-state index contributed by atoms with van der Waals surface area (Å²) in [6.45, 7) is 6.17. The van der Waals surface area contributed by atoms with Gasteiger partial charge in [0.15, 0.2) is 0 Å². The van der Waals surface area contributed by atoms with Crippen molar-refractivity contribution in [1.82, 2.24) is 4.90 Å². The van der Waals surface area contributed by atoms with E-state index in [0.717, 1.165) is 17.9 Å². The number of furan rings is 1. The number of nitrogens with zero attached hydrogens (tertiary/aromatic N) is 1. The fourth-order valence-corrected chi connectivity index (χ4v) is 2.29. The zero-order valence-corrected chi connectivity index (χ0v) is 9.64. The van der Waals surface area contributed by atoms with E-state index in [4.69, 9.17) is 9.52 Å². The molecule has 0 saturated carbocycles. The van der Waals surface area contributed by atoms with Crippen molar-refractivity contribution in [3.05, 3.63) is 23.7 Å². The predicted molar refractivity (Wildman–Crippen MR) is 59.0 cm³/mol. The first-order valence-corrected chi connectivity index (χ1v) is 5.56. The lowest BCUT2D eigenvalue weighted by Gasteiger charge is -2.13. The van der Waals surface area contributed by atoms with E-state index >= 15 is 0 Å². The zero-order chi connectivity index (χ0) is 11.7. The first kappa shape index (κ1) is 11.2. The Labute approximate surface area is 94.9 Å². The molecule has 1 aliphatic rings. The number of hydrogen-bond donors (Lipinski definition) is 1. The Hall–Kier alpha value is -1.29. The molecule has 1 N–H and O–H groups in total. The van der Waals surface area contributed by atoms with Crippen LogP contribution in [0.3, 0.4) is 0 Å². The third-order valence-electron chi connectivity index (χ3n) is 3.34. The molecule has 1 aromatic rings. The second-order valence-corrected chi connectivity index (χ2v) is 4.64. The normalized spacial score (nSPS) is 26.1. The lowest BCUT2D eigenvalue weighted by atomic mass is 9.99. The van der Waals surface area contributed by atoms with Gasteiger partial charge in [-0.25, -0.2) is 0 Å². The minimum Gasteiger partial charge on any atom is -0.481 e. The van der Waals surface area contributed by atoms with E-state index < -0.39 is 5.97 Å². The predicted octanol–water partition coefficient (Wildman–Crippen LogP) is 1.74. The Morgan fingerprint density at radius 2 is 2.38 bits per heavy atom. The van der Waals surface area contributed by atoms with Gasteiger partial charge in [-0.1, -0.05) is 6.92 Å². The molecule has 2 heterocycles. The number of aryl methyl sites for hydroxylation is 1. The van der Waals surface area contributed by atoms with Gasteiger partial charge in [0.1, 0.15) is 5.76 Å². The molecule has 4 heteroatoms. The lowest BCUT2D eigenvalue weighted by molar-refractivity contribution is -0.142. The molecule has 1 aliphatic heterocycles. The topological polar surface area (TPSA) is 53.7 Å². The maximum absolute atomic E-state index is 11.0. The smallest absolute Gasteiger partial charge is 0.308 e. The molecule has 0 radical (unpaired) electrons. The van der Waals surface area contributed by atoms with Crippen LogP contribution < -0.4 is 0 Å². The molecular weight excluding hydrogens is 206 g/mol. The summed E-state index contributed by atoms with van der Waals surface area (Å²) < 4.78 is 5.37. The molecule has 4 nitrogen and oxygen atoms in total. The van der Waals surface area contributed by atoms with Crippen molar-refractivity contribution >= 4 is 5.97 Å². The van der Waals surface area contributed by atoms with Gasteiger partial charge in [-0.3, -0.25) is 9.69 Å². The first-order chi connectivity index (χ1) is 7.58. The van der Waals surface area contributed by atoms with E-state index in [1.165, 1.54) is 0 Å². The van der Waals surface area contributed by atoms with Crippen LogP contribution in [0, 0.1) is 18.8 Å². The van der Waals surface area contributed by atoms with Crippen LogP contribution in [0.5, 0.6) is 0 Å². The fraction of sp³-hybridized carbons (Fsp3) is 0.583. The van der Waals surface area contributed by atoms with Crippen molar-refractivity contribution < 1.29 is 14.3 Å². The second-order valence-electron chi connectivity index (χ2n) is 4.64. The summed E-state index contributed by atoms with van der Waals surface area (Å²) in [5, 5.41) is 9.03. The van der Waals surface area contributed by atoms with Crippen molar-refractivity contribution in [3.8, 4) is 0 Å². The van der Waals surface area contributed by atoms with E-state index in [9.17, 15) is 4.79 Å². The van der Waals surface area contributed by atoms with Gasteiger partial charge >= 0.3 is 5.97 Å². The highest BCUT2D eigenvalue weighted by Gasteiger charge is 2.34. The molecular formula is C12H17NO3. The molecule has 0 amide bonds. The van der Waals surface area contributed by atoms with Crippen LogP contribution in [0.25, 0.3) is 0 Å². The third-order valence-corrected chi connectivity index (χ3v) is 3.34. The Balaban J connectivity index is 1.99. The number of aliphatic carboxylic acids is 1. The van der Waals surface area contributed by atoms with Gasteiger partial charge < -0.3 is 9.52 Å². The van der Waals surface area contributed by atoms with Gasteiger partial charge in [0.25, 0.3) is 0 Å².